The number of benzene rings is 1. The number of carbonyl (C=O) groups is 1. The van der Waals surface area contributed by atoms with Crippen molar-refractivity contribution in [3.05, 3.63) is 35.5 Å². The molecule has 3 rings (SSSR count). The van der Waals surface area contributed by atoms with Crippen molar-refractivity contribution in [1.29, 1.82) is 0 Å². The van der Waals surface area contributed by atoms with Crippen LogP contribution in [0.1, 0.15) is 41.7 Å². The summed E-state index contributed by atoms with van der Waals surface area (Å²) in [7, 11) is 1.82. The van der Waals surface area contributed by atoms with E-state index in [4.69, 9.17) is 0 Å². The molecule has 106 valence electrons. The zero-order valence-corrected chi connectivity index (χ0v) is 11.7. The summed E-state index contributed by atoms with van der Waals surface area (Å²) in [6.07, 6.45) is 4.96. The molecule has 1 saturated carbocycles. The summed E-state index contributed by atoms with van der Waals surface area (Å²) in [5, 5.41) is 14.1. The standard InChI is InChI=1S/C16H20N2O2/c1-18-14-9-5-4-8-12(14)13(15(18)16(19)20)10-17-11-6-2-3-7-11/h4-5,8-9,11,17H,2-3,6-7,10H2,1H3,(H,19,20). The highest BCUT2D eigenvalue weighted by Crippen LogP contribution is 2.26. The third-order valence-corrected chi connectivity index (χ3v) is 4.34. The van der Waals surface area contributed by atoms with Gasteiger partial charge in [0.25, 0.3) is 0 Å². The maximum absolute atomic E-state index is 11.6. The number of para-hydroxylation sites is 1. The predicted octanol–water partition coefficient (Wildman–Crippen LogP) is 2.91. The minimum absolute atomic E-state index is 0.400. The number of aromatic carboxylic acids is 1. The zero-order chi connectivity index (χ0) is 14.1. The smallest absolute Gasteiger partial charge is 0.352 e. The van der Waals surface area contributed by atoms with Crippen LogP contribution in [0.5, 0.6) is 0 Å². The van der Waals surface area contributed by atoms with E-state index in [2.05, 4.69) is 5.32 Å². The Bertz CT molecular complexity index is 639. The molecule has 0 unspecified atom stereocenters. The van der Waals surface area contributed by atoms with E-state index in [1.807, 2.05) is 31.3 Å². The molecule has 0 aliphatic heterocycles. The Morgan fingerprint density at radius 3 is 2.75 bits per heavy atom. The third kappa shape index (κ3) is 2.20. The van der Waals surface area contributed by atoms with Crippen LogP contribution >= 0.6 is 0 Å². The van der Waals surface area contributed by atoms with E-state index in [0.29, 0.717) is 18.3 Å². The summed E-state index contributed by atoms with van der Waals surface area (Å²) in [4.78, 5) is 11.6. The Morgan fingerprint density at radius 1 is 1.35 bits per heavy atom. The second-order valence-corrected chi connectivity index (χ2v) is 5.57. The van der Waals surface area contributed by atoms with Crippen molar-refractivity contribution in [3.8, 4) is 0 Å². The molecule has 1 aromatic carbocycles. The van der Waals surface area contributed by atoms with Crippen LogP contribution in [-0.4, -0.2) is 21.7 Å². The van der Waals surface area contributed by atoms with Gasteiger partial charge in [0, 0.05) is 36.1 Å². The summed E-state index contributed by atoms with van der Waals surface area (Å²) >= 11 is 0. The van der Waals surface area contributed by atoms with Gasteiger partial charge in [-0.25, -0.2) is 4.79 Å². The fourth-order valence-electron chi connectivity index (χ4n) is 3.30. The lowest BCUT2D eigenvalue weighted by atomic mass is 10.1. The minimum Gasteiger partial charge on any atom is -0.477 e. The van der Waals surface area contributed by atoms with Crippen molar-refractivity contribution in [2.45, 2.75) is 38.3 Å². The van der Waals surface area contributed by atoms with E-state index in [1.54, 1.807) is 4.57 Å². The van der Waals surface area contributed by atoms with Gasteiger partial charge in [-0.1, -0.05) is 31.0 Å². The molecule has 4 nitrogen and oxygen atoms in total. The number of nitrogens with zero attached hydrogens (tertiary/aromatic N) is 1. The van der Waals surface area contributed by atoms with Crippen molar-refractivity contribution in [2.24, 2.45) is 7.05 Å². The number of aryl methyl sites for hydroxylation is 1. The molecule has 1 aliphatic rings. The van der Waals surface area contributed by atoms with Crippen LogP contribution in [0.25, 0.3) is 10.9 Å². The monoisotopic (exact) mass is 272 g/mol. The average molecular weight is 272 g/mol. The fourth-order valence-corrected chi connectivity index (χ4v) is 3.30. The summed E-state index contributed by atoms with van der Waals surface area (Å²) < 4.78 is 1.78. The van der Waals surface area contributed by atoms with Crippen molar-refractivity contribution < 1.29 is 9.90 Å². The van der Waals surface area contributed by atoms with Gasteiger partial charge in [-0.15, -0.1) is 0 Å². The van der Waals surface area contributed by atoms with E-state index in [9.17, 15) is 9.90 Å². The molecule has 0 atom stereocenters. The van der Waals surface area contributed by atoms with Crippen molar-refractivity contribution in [3.63, 3.8) is 0 Å². The normalized spacial score (nSPS) is 16.1. The summed E-state index contributed by atoms with van der Waals surface area (Å²) in [5.74, 6) is -0.855. The zero-order valence-electron chi connectivity index (χ0n) is 11.7. The number of hydrogen-bond donors (Lipinski definition) is 2. The van der Waals surface area contributed by atoms with Crippen molar-refractivity contribution >= 4 is 16.9 Å². The molecule has 1 aromatic heterocycles. The minimum atomic E-state index is -0.855. The Hall–Kier alpha value is -1.81. The maximum Gasteiger partial charge on any atom is 0.352 e. The Kier molecular flexibility index (Phi) is 3.49. The Morgan fingerprint density at radius 2 is 2.05 bits per heavy atom. The van der Waals surface area contributed by atoms with Gasteiger partial charge in [-0.3, -0.25) is 0 Å². The number of aromatic nitrogens is 1. The maximum atomic E-state index is 11.6. The molecule has 0 spiro atoms. The first-order valence-corrected chi connectivity index (χ1v) is 7.21. The topological polar surface area (TPSA) is 54.3 Å². The molecule has 1 aliphatic carbocycles. The van der Waals surface area contributed by atoms with Gasteiger partial charge >= 0.3 is 5.97 Å². The predicted molar refractivity (Wildman–Crippen MR) is 79.0 cm³/mol. The summed E-state index contributed by atoms with van der Waals surface area (Å²) in [6, 6.07) is 8.43. The molecule has 0 radical (unpaired) electrons. The van der Waals surface area contributed by atoms with Crippen LogP contribution in [-0.2, 0) is 13.6 Å². The van der Waals surface area contributed by atoms with Gasteiger partial charge in [-0.05, 0) is 18.9 Å². The lowest BCUT2D eigenvalue weighted by Crippen LogP contribution is -2.26. The summed E-state index contributed by atoms with van der Waals surface area (Å²) in [5.41, 5.74) is 2.28. The largest absolute Gasteiger partial charge is 0.477 e. The van der Waals surface area contributed by atoms with Crippen LogP contribution in [0.3, 0.4) is 0 Å². The molecule has 2 aromatic rings. The van der Waals surface area contributed by atoms with Gasteiger partial charge in [-0.2, -0.15) is 0 Å². The van der Waals surface area contributed by atoms with Crippen LogP contribution in [0.15, 0.2) is 24.3 Å². The highest BCUT2D eigenvalue weighted by atomic mass is 16.4. The molecule has 0 saturated heterocycles. The Labute approximate surface area is 118 Å². The highest BCUT2D eigenvalue weighted by molar-refractivity contribution is 5.98. The van der Waals surface area contributed by atoms with Crippen molar-refractivity contribution in [1.82, 2.24) is 9.88 Å². The quantitative estimate of drug-likeness (QED) is 0.899. The number of hydrogen-bond acceptors (Lipinski definition) is 2. The van der Waals surface area contributed by atoms with Crippen LogP contribution in [0.4, 0.5) is 0 Å². The number of nitrogens with one attached hydrogen (secondary N) is 1. The number of carboxylic acids is 1. The lowest BCUT2D eigenvalue weighted by molar-refractivity contribution is 0.0685. The van der Waals surface area contributed by atoms with E-state index in [-0.39, 0.29) is 0 Å². The lowest BCUT2D eigenvalue weighted by Gasteiger charge is -2.12. The average Bonchev–Trinajstić information content (AvgIpc) is 3.04. The van der Waals surface area contributed by atoms with E-state index in [1.165, 1.54) is 25.7 Å². The molecule has 1 heterocycles. The second-order valence-electron chi connectivity index (χ2n) is 5.57. The van der Waals surface area contributed by atoms with Gasteiger partial charge in [0.1, 0.15) is 5.69 Å². The van der Waals surface area contributed by atoms with Crippen LogP contribution in [0, 0.1) is 0 Å². The molecule has 2 N–H and O–H groups in total. The first-order chi connectivity index (χ1) is 9.68. The van der Waals surface area contributed by atoms with Gasteiger partial charge in [0.15, 0.2) is 0 Å². The molecule has 0 amide bonds. The molecule has 1 fully saturated rings. The number of carboxylic acid groups (broad SMARTS) is 1. The fraction of sp³-hybridized carbons (Fsp3) is 0.438. The van der Waals surface area contributed by atoms with Crippen molar-refractivity contribution in [2.75, 3.05) is 0 Å². The molecular formula is C16H20N2O2. The molecule has 4 heteroatoms. The van der Waals surface area contributed by atoms with E-state index < -0.39 is 5.97 Å². The summed E-state index contributed by atoms with van der Waals surface area (Å²) in [6.45, 7) is 0.633. The molecule has 0 bridgehead atoms. The first-order valence-electron chi connectivity index (χ1n) is 7.21. The van der Waals surface area contributed by atoms with Crippen LogP contribution < -0.4 is 5.32 Å². The third-order valence-electron chi connectivity index (χ3n) is 4.34. The van der Waals surface area contributed by atoms with Gasteiger partial charge < -0.3 is 15.0 Å². The van der Waals surface area contributed by atoms with Gasteiger partial charge in [0.2, 0.25) is 0 Å². The van der Waals surface area contributed by atoms with Gasteiger partial charge in [0.05, 0.1) is 0 Å². The van der Waals surface area contributed by atoms with Crippen LogP contribution in [0.2, 0.25) is 0 Å². The number of fused-ring (bicyclic) bond motifs is 1. The molecule has 20 heavy (non-hydrogen) atoms. The van der Waals surface area contributed by atoms with E-state index in [0.717, 1.165) is 16.5 Å². The first kappa shape index (κ1) is 13.2. The highest BCUT2D eigenvalue weighted by Gasteiger charge is 2.21. The van der Waals surface area contributed by atoms with E-state index >= 15 is 0 Å². The SMILES string of the molecule is Cn1c(C(=O)O)c(CNC2CCCC2)c2ccccc21. The molecular weight excluding hydrogens is 252 g/mol. The second kappa shape index (κ2) is 5.29. The Balaban J connectivity index is 1.98. The number of rotatable bonds is 4.